The minimum absolute atomic E-state index is 0.150. The second-order valence-electron chi connectivity index (χ2n) is 4.71. The molecule has 0 bridgehead atoms. The van der Waals surface area contributed by atoms with E-state index in [9.17, 15) is 5.11 Å². The molecular weight excluding hydrogens is 242 g/mol. The molecule has 0 saturated heterocycles. The highest BCUT2D eigenvalue weighted by molar-refractivity contribution is 5.38. The average Bonchev–Trinajstić information content (AvgIpc) is 2.43. The van der Waals surface area contributed by atoms with Crippen molar-refractivity contribution in [2.75, 3.05) is 33.4 Å². The van der Waals surface area contributed by atoms with E-state index in [1.54, 1.807) is 7.11 Å². The van der Waals surface area contributed by atoms with Crippen LogP contribution in [0.3, 0.4) is 0 Å². The lowest BCUT2D eigenvalue weighted by Crippen LogP contribution is -2.28. The van der Waals surface area contributed by atoms with E-state index in [1.807, 2.05) is 25.1 Å². The maximum atomic E-state index is 10.3. The number of nitrogens with zero attached hydrogens (tertiary/aromatic N) is 1. The SMILES string of the molecule is CCN(CCO)CCC(O)c1cc(C)ccc1OC. The number of hydrogen-bond donors (Lipinski definition) is 2. The first kappa shape index (κ1) is 16.0. The molecule has 1 rings (SSSR count). The smallest absolute Gasteiger partial charge is 0.124 e. The minimum Gasteiger partial charge on any atom is -0.496 e. The van der Waals surface area contributed by atoms with Gasteiger partial charge in [0.1, 0.15) is 5.75 Å². The van der Waals surface area contributed by atoms with Gasteiger partial charge in [0.05, 0.1) is 19.8 Å². The lowest BCUT2D eigenvalue weighted by molar-refractivity contribution is 0.131. The fourth-order valence-electron chi connectivity index (χ4n) is 2.14. The van der Waals surface area contributed by atoms with Crippen LogP contribution in [0, 0.1) is 6.92 Å². The Hall–Kier alpha value is -1.10. The quantitative estimate of drug-likeness (QED) is 0.753. The summed E-state index contributed by atoms with van der Waals surface area (Å²) in [7, 11) is 1.62. The molecule has 1 aromatic rings. The Morgan fingerprint density at radius 3 is 2.63 bits per heavy atom. The van der Waals surface area contributed by atoms with Gasteiger partial charge in [-0.15, -0.1) is 0 Å². The molecule has 0 saturated carbocycles. The molecule has 108 valence electrons. The number of benzene rings is 1. The van der Waals surface area contributed by atoms with Crippen molar-refractivity contribution in [2.24, 2.45) is 0 Å². The topological polar surface area (TPSA) is 52.9 Å². The maximum absolute atomic E-state index is 10.3. The van der Waals surface area contributed by atoms with Crippen molar-refractivity contribution < 1.29 is 14.9 Å². The summed E-state index contributed by atoms with van der Waals surface area (Å²) in [4.78, 5) is 2.12. The molecule has 0 fully saturated rings. The van der Waals surface area contributed by atoms with Crippen LogP contribution in [0.25, 0.3) is 0 Å². The Balaban J connectivity index is 2.66. The molecule has 0 amide bonds. The number of aliphatic hydroxyl groups is 2. The van der Waals surface area contributed by atoms with Crippen LogP contribution in [0.5, 0.6) is 5.75 Å². The minimum atomic E-state index is -0.539. The number of methoxy groups -OCH3 is 1. The van der Waals surface area contributed by atoms with Gasteiger partial charge in [0, 0.05) is 18.7 Å². The largest absolute Gasteiger partial charge is 0.496 e. The summed E-state index contributed by atoms with van der Waals surface area (Å²) in [5.41, 5.74) is 1.94. The summed E-state index contributed by atoms with van der Waals surface area (Å²) in [6.07, 6.45) is 0.0933. The van der Waals surface area contributed by atoms with Crippen molar-refractivity contribution in [1.82, 2.24) is 4.90 Å². The van der Waals surface area contributed by atoms with E-state index < -0.39 is 6.10 Å². The van der Waals surface area contributed by atoms with E-state index >= 15 is 0 Å². The molecule has 0 aliphatic carbocycles. The van der Waals surface area contributed by atoms with Crippen molar-refractivity contribution >= 4 is 0 Å². The van der Waals surface area contributed by atoms with Crippen LogP contribution < -0.4 is 4.74 Å². The second-order valence-corrected chi connectivity index (χ2v) is 4.71. The van der Waals surface area contributed by atoms with Gasteiger partial charge in [-0.3, -0.25) is 0 Å². The normalized spacial score (nSPS) is 12.7. The van der Waals surface area contributed by atoms with Crippen molar-refractivity contribution in [1.29, 1.82) is 0 Å². The molecule has 0 heterocycles. The van der Waals surface area contributed by atoms with E-state index in [0.717, 1.165) is 30.0 Å². The molecule has 2 N–H and O–H groups in total. The third-order valence-electron chi connectivity index (χ3n) is 3.33. The fraction of sp³-hybridized carbons (Fsp3) is 0.600. The molecular formula is C15H25NO3. The summed E-state index contributed by atoms with van der Waals surface area (Å²) in [5.74, 6) is 0.725. The van der Waals surface area contributed by atoms with Gasteiger partial charge in [-0.1, -0.05) is 18.6 Å². The standard InChI is InChI=1S/C15H25NO3/c1-4-16(9-10-17)8-7-14(18)13-11-12(2)5-6-15(13)19-3/h5-6,11,14,17-18H,4,7-10H2,1-3H3. The number of aliphatic hydroxyl groups excluding tert-OH is 2. The van der Waals surface area contributed by atoms with E-state index in [-0.39, 0.29) is 6.61 Å². The van der Waals surface area contributed by atoms with Gasteiger partial charge >= 0.3 is 0 Å². The first-order chi connectivity index (χ1) is 9.12. The van der Waals surface area contributed by atoms with Crippen LogP contribution in [-0.2, 0) is 0 Å². The van der Waals surface area contributed by atoms with E-state index in [1.165, 1.54) is 0 Å². The lowest BCUT2D eigenvalue weighted by Gasteiger charge is -2.22. The molecule has 19 heavy (non-hydrogen) atoms. The van der Waals surface area contributed by atoms with Crippen LogP contribution in [0.4, 0.5) is 0 Å². The summed E-state index contributed by atoms with van der Waals surface area (Å²) >= 11 is 0. The molecule has 1 atom stereocenters. The zero-order valence-electron chi connectivity index (χ0n) is 12.1. The molecule has 0 radical (unpaired) electrons. The molecule has 0 aliphatic heterocycles. The molecule has 0 aromatic heterocycles. The number of ether oxygens (including phenoxy) is 1. The zero-order valence-corrected chi connectivity index (χ0v) is 12.1. The molecule has 0 spiro atoms. The monoisotopic (exact) mass is 267 g/mol. The summed E-state index contributed by atoms with van der Waals surface area (Å²) in [5, 5.41) is 19.2. The summed E-state index contributed by atoms with van der Waals surface area (Å²) in [6.45, 7) is 6.48. The average molecular weight is 267 g/mol. The Labute approximate surface area is 115 Å². The van der Waals surface area contributed by atoms with Crippen LogP contribution >= 0.6 is 0 Å². The van der Waals surface area contributed by atoms with E-state index in [0.29, 0.717) is 13.0 Å². The first-order valence-electron chi connectivity index (χ1n) is 6.78. The fourth-order valence-corrected chi connectivity index (χ4v) is 2.14. The number of rotatable bonds is 8. The van der Waals surface area contributed by atoms with Crippen molar-refractivity contribution in [3.05, 3.63) is 29.3 Å². The van der Waals surface area contributed by atoms with Crippen LogP contribution in [0.15, 0.2) is 18.2 Å². The molecule has 1 aromatic carbocycles. The Morgan fingerprint density at radius 2 is 2.05 bits per heavy atom. The molecule has 4 heteroatoms. The van der Waals surface area contributed by atoms with Gasteiger partial charge in [0.15, 0.2) is 0 Å². The Morgan fingerprint density at radius 1 is 1.32 bits per heavy atom. The van der Waals surface area contributed by atoms with E-state index in [2.05, 4.69) is 11.8 Å². The van der Waals surface area contributed by atoms with Crippen molar-refractivity contribution in [2.45, 2.75) is 26.4 Å². The zero-order chi connectivity index (χ0) is 14.3. The lowest BCUT2D eigenvalue weighted by atomic mass is 10.0. The third kappa shape index (κ3) is 4.82. The Bertz CT molecular complexity index is 382. The van der Waals surface area contributed by atoms with Gasteiger partial charge in [-0.05, 0) is 32.0 Å². The number of hydrogen-bond acceptors (Lipinski definition) is 4. The van der Waals surface area contributed by atoms with E-state index in [4.69, 9.17) is 9.84 Å². The van der Waals surface area contributed by atoms with Gasteiger partial charge in [-0.25, -0.2) is 0 Å². The first-order valence-corrected chi connectivity index (χ1v) is 6.78. The van der Waals surface area contributed by atoms with Crippen molar-refractivity contribution in [3.63, 3.8) is 0 Å². The van der Waals surface area contributed by atoms with Crippen LogP contribution in [0.1, 0.15) is 30.6 Å². The van der Waals surface area contributed by atoms with Gasteiger partial charge < -0.3 is 19.8 Å². The van der Waals surface area contributed by atoms with Crippen LogP contribution in [-0.4, -0.2) is 48.5 Å². The predicted octanol–water partition coefficient (Wildman–Crippen LogP) is 1.74. The molecule has 0 aliphatic rings. The number of likely N-dealkylation sites (N-methyl/N-ethyl adjacent to an activating group) is 1. The van der Waals surface area contributed by atoms with Crippen molar-refractivity contribution in [3.8, 4) is 5.75 Å². The Kier molecular flexibility index (Phi) is 6.84. The predicted molar refractivity (Wildman–Crippen MR) is 76.5 cm³/mol. The number of aryl methyl sites for hydroxylation is 1. The molecule has 4 nitrogen and oxygen atoms in total. The van der Waals surface area contributed by atoms with Gasteiger partial charge in [-0.2, -0.15) is 0 Å². The van der Waals surface area contributed by atoms with Crippen LogP contribution in [0.2, 0.25) is 0 Å². The van der Waals surface area contributed by atoms with Gasteiger partial charge in [0.25, 0.3) is 0 Å². The highest BCUT2D eigenvalue weighted by atomic mass is 16.5. The molecule has 1 unspecified atom stereocenters. The highest BCUT2D eigenvalue weighted by Gasteiger charge is 2.14. The van der Waals surface area contributed by atoms with Gasteiger partial charge in [0.2, 0.25) is 0 Å². The maximum Gasteiger partial charge on any atom is 0.124 e. The summed E-state index contributed by atoms with van der Waals surface area (Å²) in [6, 6.07) is 5.82. The third-order valence-corrected chi connectivity index (χ3v) is 3.33. The summed E-state index contributed by atoms with van der Waals surface area (Å²) < 4.78 is 5.29. The highest BCUT2D eigenvalue weighted by Crippen LogP contribution is 2.28. The second kappa shape index (κ2) is 8.15.